The highest BCUT2D eigenvalue weighted by molar-refractivity contribution is 7.16. The molecule has 0 aliphatic carbocycles. The fraction of sp³-hybridized carbons (Fsp3) is 0.333. The molecule has 1 saturated heterocycles. The van der Waals surface area contributed by atoms with Gasteiger partial charge < -0.3 is 4.90 Å². The van der Waals surface area contributed by atoms with Gasteiger partial charge in [0.2, 0.25) is 0 Å². The van der Waals surface area contributed by atoms with Crippen molar-refractivity contribution in [2.45, 2.75) is 12.8 Å². The molecule has 3 rings (SSSR count). The molecule has 0 atom stereocenters. The van der Waals surface area contributed by atoms with Crippen LogP contribution < -0.4 is 0 Å². The average Bonchev–Trinajstić information content (AvgIpc) is 3.10. The summed E-state index contributed by atoms with van der Waals surface area (Å²) in [6.45, 7) is 1.72. The maximum atomic E-state index is 12.2. The van der Waals surface area contributed by atoms with Gasteiger partial charge >= 0.3 is 0 Å². The second-order valence-electron chi connectivity index (χ2n) is 4.12. The van der Waals surface area contributed by atoms with Crippen LogP contribution in [0.25, 0.3) is 10.7 Å². The molecular formula is C12H12N4OS. The summed E-state index contributed by atoms with van der Waals surface area (Å²) in [4.78, 5) is 27.1. The van der Waals surface area contributed by atoms with Crippen molar-refractivity contribution in [2.24, 2.45) is 0 Å². The average molecular weight is 260 g/mol. The highest BCUT2D eigenvalue weighted by atomic mass is 32.1. The molecule has 0 aromatic carbocycles. The minimum Gasteiger partial charge on any atom is -0.338 e. The van der Waals surface area contributed by atoms with Gasteiger partial charge in [-0.2, -0.15) is 0 Å². The molecule has 18 heavy (non-hydrogen) atoms. The third-order valence-corrected chi connectivity index (χ3v) is 3.90. The van der Waals surface area contributed by atoms with Crippen molar-refractivity contribution in [2.75, 3.05) is 13.1 Å². The number of amides is 1. The SMILES string of the molecule is O=C(c1cnc(-c2cnccn2)s1)N1CCCC1. The van der Waals surface area contributed by atoms with Crippen LogP contribution in [0.4, 0.5) is 0 Å². The van der Waals surface area contributed by atoms with Crippen molar-refractivity contribution in [3.63, 3.8) is 0 Å². The molecule has 1 aliphatic rings. The molecule has 2 aromatic heterocycles. The second-order valence-corrected chi connectivity index (χ2v) is 5.15. The van der Waals surface area contributed by atoms with E-state index in [2.05, 4.69) is 15.0 Å². The summed E-state index contributed by atoms with van der Waals surface area (Å²) < 4.78 is 0. The lowest BCUT2D eigenvalue weighted by Gasteiger charge is -2.12. The third kappa shape index (κ3) is 2.11. The molecule has 5 nitrogen and oxygen atoms in total. The minimum absolute atomic E-state index is 0.0835. The zero-order valence-corrected chi connectivity index (χ0v) is 10.6. The first-order valence-electron chi connectivity index (χ1n) is 5.86. The van der Waals surface area contributed by atoms with E-state index >= 15 is 0 Å². The number of hydrogen-bond donors (Lipinski definition) is 0. The van der Waals surface area contributed by atoms with E-state index in [1.54, 1.807) is 24.8 Å². The molecule has 0 radical (unpaired) electrons. The van der Waals surface area contributed by atoms with Crippen LogP contribution in [0, 0.1) is 0 Å². The number of carbonyl (C=O) groups excluding carboxylic acids is 1. The van der Waals surface area contributed by atoms with Gasteiger partial charge in [0, 0.05) is 25.5 Å². The summed E-state index contributed by atoms with van der Waals surface area (Å²) in [5.74, 6) is 0.0835. The fourth-order valence-electron chi connectivity index (χ4n) is 1.98. The Morgan fingerprint density at radius 2 is 2.00 bits per heavy atom. The standard InChI is InChI=1S/C12H12N4OS/c17-12(16-5-1-2-6-16)10-8-15-11(18-10)9-7-13-3-4-14-9/h3-4,7-8H,1-2,5-6H2. The van der Waals surface area contributed by atoms with Crippen molar-refractivity contribution in [3.05, 3.63) is 29.7 Å². The summed E-state index contributed by atoms with van der Waals surface area (Å²) in [6, 6.07) is 0. The number of likely N-dealkylation sites (tertiary alicyclic amines) is 1. The summed E-state index contributed by atoms with van der Waals surface area (Å²) in [7, 11) is 0. The van der Waals surface area contributed by atoms with E-state index in [9.17, 15) is 4.79 Å². The van der Waals surface area contributed by atoms with Crippen LogP contribution in [-0.2, 0) is 0 Å². The Labute approximate surface area is 109 Å². The topological polar surface area (TPSA) is 59.0 Å². The quantitative estimate of drug-likeness (QED) is 0.826. The lowest BCUT2D eigenvalue weighted by Crippen LogP contribution is -2.26. The normalized spacial score (nSPS) is 15.0. The zero-order chi connectivity index (χ0) is 12.4. The number of nitrogens with zero attached hydrogens (tertiary/aromatic N) is 4. The van der Waals surface area contributed by atoms with Crippen molar-refractivity contribution >= 4 is 17.2 Å². The second kappa shape index (κ2) is 4.81. The Kier molecular flexibility index (Phi) is 3.02. The maximum absolute atomic E-state index is 12.2. The van der Waals surface area contributed by atoms with Crippen LogP contribution in [0.3, 0.4) is 0 Å². The minimum atomic E-state index is 0.0835. The fourth-order valence-corrected chi connectivity index (χ4v) is 2.82. The molecule has 0 N–H and O–H groups in total. The lowest BCUT2D eigenvalue weighted by molar-refractivity contribution is 0.0797. The molecular weight excluding hydrogens is 248 g/mol. The Balaban J connectivity index is 1.83. The first kappa shape index (κ1) is 11.3. The molecule has 2 aromatic rings. The molecule has 92 valence electrons. The van der Waals surface area contributed by atoms with Crippen molar-refractivity contribution in [1.82, 2.24) is 19.9 Å². The molecule has 0 unspecified atom stereocenters. The zero-order valence-electron chi connectivity index (χ0n) is 9.74. The van der Waals surface area contributed by atoms with Gasteiger partial charge in [0.15, 0.2) is 0 Å². The summed E-state index contributed by atoms with van der Waals surface area (Å²) >= 11 is 1.38. The Bertz CT molecular complexity index is 548. The van der Waals surface area contributed by atoms with Gasteiger partial charge in [0.25, 0.3) is 5.91 Å². The molecule has 3 heterocycles. The summed E-state index contributed by atoms with van der Waals surface area (Å²) in [5, 5.41) is 0.741. The van der Waals surface area contributed by atoms with Gasteiger partial charge in [-0.05, 0) is 12.8 Å². The predicted molar refractivity (Wildman–Crippen MR) is 68.3 cm³/mol. The Morgan fingerprint density at radius 3 is 2.72 bits per heavy atom. The van der Waals surface area contributed by atoms with Crippen LogP contribution >= 0.6 is 11.3 Å². The van der Waals surface area contributed by atoms with Crippen molar-refractivity contribution in [3.8, 4) is 10.7 Å². The van der Waals surface area contributed by atoms with E-state index < -0.39 is 0 Å². The van der Waals surface area contributed by atoms with Crippen LogP contribution in [-0.4, -0.2) is 38.8 Å². The van der Waals surface area contributed by atoms with Gasteiger partial charge in [-0.25, -0.2) is 4.98 Å². The molecule has 1 fully saturated rings. The number of carbonyl (C=O) groups is 1. The monoisotopic (exact) mass is 260 g/mol. The molecule has 1 aliphatic heterocycles. The van der Waals surface area contributed by atoms with Crippen LogP contribution in [0.15, 0.2) is 24.8 Å². The van der Waals surface area contributed by atoms with Crippen molar-refractivity contribution in [1.29, 1.82) is 0 Å². The number of thiazole rings is 1. The van der Waals surface area contributed by atoms with E-state index in [0.29, 0.717) is 10.6 Å². The summed E-state index contributed by atoms with van der Waals surface area (Å²) in [6.07, 6.45) is 8.73. The van der Waals surface area contributed by atoms with Gasteiger partial charge in [-0.3, -0.25) is 14.8 Å². The van der Waals surface area contributed by atoms with Crippen molar-refractivity contribution < 1.29 is 4.79 Å². The number of hydrogen-bond acceptors (Lipinski definition) is 5. The predicted octanol–water partition coefficient (Wildman–Crippen LogP) is 1.84. The number of rotatable bonds is 2. The van der Waals surface area contributed by atoms with E-state index in [4.69, 9.17) is 0 Å². The van der Waals surface area contributed by atoms with Crippen LogP contribution in [0.5, 0.6) is 0 Å². The lowest BCUT2D eigenvalue weighted by atomic mass is 10.4. The van der Waals surface area contributed by atoms with E-state index in [0.717, 1.165) is 30.9 Å². The molecule has 0 saturated carbocycles. The first-order valence-corrected chi connectivity index (χ1v) is 6.68. The van der Waals surface area contributed by atoms with Gasteiger partial charge in [-0.1, -0.05) is 0 Å². The van der Waals surface area contributed by atoms with Gasteiger partial charge in [0.05, 0.1) is 12.4 Å². The van der Waals surface area contributed by atoms with Crippen LogP contribution in [0.2, 0.25) is 0 Å². The molecule has 0 bridgehead atoms. The molecule has 1 amide bonds. The van der Waals surface area contributed by atoms with E-state index in [-0.39, 0.29) is 5.91 Å². The highest BCUT2D eigenvalue weighted by Gasteiger charge is 2.21. The maximum Gasteiger partial charge on any atom is 0.265 e. The van der Waals surface area contributed by atoms with Gasteiger partial charge in [0.1, 0.15) is 15.6 Å². The molecule has 6 heteroatoms. The number of aromatic nitrogens is 3. The summed E-state index contributed by atoms with van der Waals surface area (Å²) in [5.41, 5.74) is 0.711. The smallest absolute Gasteiger partial charge is 0.265 e. The Hall–Kier alpha value is -1.82. The van der Waals surface area contributed by atoms with Gasteiger partial charge in [-0.15, -0.1) is 11.3 Å². The largest absolute Gasteiger partial charge is 0.338 e. The van der Waals surface area contributed by atoms with E-state index in [1.807, 2.05) is 4.90 Å². The Morgan fingerprint density at radius 1 is 1.17 bits per heavy atom. The van der Waals surface area contributed by atoms with E-state index in [1.165, 1.54) is 11.3 Å². The molecule has 0 spiro atoms. The van der Waals surface area contributed by atoms with Crippen LogP contribution in [0.1, 0.15) is 22.5 Å². The highest BCUT2D eigenvalue weighted by Crippen LogP contribution is 2.24. The third-order valence-electron chi connectivity index (χ3n) is 2.89. The first-order chi connectivity index (χ1) is 8.84.